The maximum absolute atomic E-state index is 12.4. The van der Waals surface area contributed by atoms with Crippen molar-refractivity contribution in [1.82, 2.24) is 5.32 Å². The van der Waals surface area contributed by atoms with Crippen molar-refractivity contribution in [2.75, 3.05) is 25.1 Å². The van der Waals surface area contributed by atoms with Crippen molar-refractivity contribution in [1.29, 1.82) is 0 Å². The first-order chi connectivity index (χ1) is 14.8. The van der Waals surface area contributed by atoms with Crippen LogP contribution in [0.4, 0.5) is 10.5 Å². The van der Waals surface area contributed by atoms with E-state index in [0.29, 0.717) is 44.2 Å². The molecule has 0 aliphatic heterocycles. The van der Waals surface area contributed by atoms with Gasteiger partial charge in [-0.2, -0.15) is 0 Å². The summed E-state index contributed by atoms with van der Waals surface area (Å²) in [7, 11) is 0. The average molecular weight is 429 g/mol. The van der Waals surface area contributed by atoms with Gasteiger partial charge in [0.15, 0.2) is 0 Å². The van der Waals surface area contributed by atoms with E-state index in [0.717, 1.165) is 11.1 Å². The minimum Gasteiger partial charge on any atom is -0.444 e. The molecule has 0 aromatic heterocycles. The monoisotopic (exact) mass is 428 g/mol. The third kappa shape index (κ3) is 9.63. The van der Waals surface area contributed by atoms with Crippen LogP contribution in [0.3, 0.4) is 0 Å². The van der Waals surface area contributed by atoms with E-state index in [4.69, 9.17) is 14.2 Å². The van der Waals surface area contributed by atoms with Crippen LogP contribution < -0.4 is 10.6 Å². The third-order valence-electron chi connectivity index (χ3n) is 4.08. The van der Waals surface area contributed by atoms with E-state index >= 15 is 0 Å². The van der Waals surface area contributed by atoms with Gasteiger partial charge in [-0.25, -0.2) is 4.79 Å². The van der Waals surface area contributed by atoms with Crippen molar-refractivity contribution in [3.05, 3.63) is 65.2 Å². The van der Waals surface area contributed by atoms with E-state index in [1.165, 1.54) is 0 Å². The highest BCUT2D eigenvalue weighted by molar-refractivity contribution is 5.95. The summed E-state index contributed by atoms with van der Waals surface area (Å²) in [5, 5.41) is 5.55. The number of anilines is 1. The third-order valence-corrected chi connectivity index (χ3v) is 4.08. The number of benzene rings is 2. The van der Waals surface area contributed by atoms with E-state index in [1.807, 2.05) is 31.2 Å². The van der Waals surface area contributed by atoms with Crippen LogP contribution in [-0.2, 0) is 27.4 Å². The topological polar surface area (TPSA) is 85.9 Å². The van der Waals surface area contributed by atoms with Gasteiger partial charge < -0.3 is 19.5 Å². The van der Waals surface area contributed by atoms with Gasteiger partial charge in [-0.05, 0) is 63.1 Å². The SMILES string of the molecule is CCOCCOCc1cccc(CNC(=O)c2ccc(NC(=O)OC(C)(C)C)cc2)c1. The summed E-state index contributed by atoms with van der Waals surface area (Å²) < 4.78 is 16.0. The van der Waals surface area contributed by atoms with E-state index in [-0.39, 0.29) is 5.91 Å². The molecular formula is C24H32N2O5. The van der Waals surface area contributed by atoms with Gasteiger partial charge in [0.05, 0.1) is 19.8 Å². The summed E-state index contributed by atoms with van der Waals surface area (Å²) in [5.74, 6) is -0.192. The zero-order chi connectivity index (χ0) is 22.7. The van der Waals surface area contributed by atoms with Gasteiger partial charge >= 0.3 is 6.09 Å². The summed E-state index contributed by atoms with van der Waals surface area (Å²) >= 11 is 0. The van der Waals surface area contributed by atoms with Crippen LogP contribution in [0.25, 0.3) is 0 Å². The Hall–Kier alpha value is -2.90. The Morgan fingerprint density at radius 3 is 2.29 bits per heavy atom. The molecule has 0 heterocycles. The number of ether oxygens (including phenoxy) is 3. The number of carbonyl (C=O) groups is 2. The molecule has 0 saturated heterocycles. The summed E-state index contributed by atoms with van der Waals surface area (Å²) in [6.07, 6.45) is -0.536. The Bertz CT molecular complexity index is 844. The molecule has 0 unspecified atom stereocenters. The zero-order valence-corrected chi connectivity index (χ0v) is 18.7. The second-order valence-corrected chi connectivity index (χ2v) is 7.96. The summed E-state index contributed by atoms with van der Waals surface area (Å²) in [4.78, 5) is 24.3. The number of amides is 2. The lowest BCUT2D eigenvalue weighted by molar-refractivity contribution is 0.0453. The van der Waals surface area contributed by atoms with Crippen molar-refractivity contribution < 1.29 is 23.8 Å². The molecule has 0 spiro atoms. The molecule has 7 nitrogen and oxygen atoms in total. The molecule has 31 heavy (non-hydrogen) atoms. The standard InChI is InChI=1S/C24H32N2O5/c1-5-29-13-14-30-17-19-8-6-7-18(15-19)16-25-22(27)20-9-11-21(12-10-20)26-23(28)31-24(2,3)4/h6-12,15H,5,13-14,16-17H2,1-4H3,(H,25,27)(H,26,28). The van der Waals surface area contributed by atoms with Crippen molar-refractivity contribution >= 4 is 17.7 Å². The Kier molecular flexibility index (Phi) is 9.49. The average Bonchev–Trinajstić information content (AvgIpc) is 2.71. The van der Waals surface area contributed by atoms with Crippen molar-refractivity contribution in [2.24, 2.45) is 0 Å². The van der Waals surface area contributed by atoms with Crippen LogP contribution in [0.15, 0.2) is 48.5 Å². The van der Waals surface area contributed by atoms with Crippen LogP contribution in [0.2, 0.25) is 0 Å². The summed E-state index contributed by atoms with van der Waals surface area (Å²) in [5.41, 5.74) is 2.52. The van der Waals surface area contributed by atoms with Crippen molar-refractivity contribution in [3.63, 3.8) is 0 Å². The highest BCUT2D eigenvalue weighted by Gasteiger charge is 2.16. The minimum absolute atomic E-state index is 0.192. The first-order valence-electron chi connectivity index (χ1n) is 10.4. The molecular weight excluding hydrogens is 396 g/mol. The summed E-state index contributed by atoms with van der Waals surface area (Å²) in [6.45, 7) is 10.1. The van der Waals surface area contributed by atoms with E-state index in [2.05, 4.69) is 10.6 Å². The van der Waals surface area contributed by atoms with Crippen molar-refractivity contribution in [3.8, 4) is 0 Å². The Morgan fingerprint density at radius 1 is 0.935 bits per heavy atom. The molecule has 2 rings (SSSR count). The van der Waals surface area contributed by atoms with Gasteiger partial charge in [0.2, 0.25) is 0 Å². The number of rotatable bonds is 10. The van der Waals surface area contributed by atoms with Crippen LogP contribution in [0.1, 0.15) is 49.2 Å². The Morgan fingerprint density at radius 2 is 1.61 bits per heavy atom. The molecule has 0 bridgehead atoms. The molecule has 0 aliphatic rings. The molecule has 168 valence electrons. The quantitative estimate of drug-likeness (QED) is 0.544. The first kappa shape index (κ1) is 24.4. The highest BCUT2D eigenvalue weighted by Crippen LogP contribution is 2.13. The number of hydrogen-bond acceptors (Lipinski definition) is 5. The van der Waals surface area contributed by atoms with Gasteiger partial charge in [-0.3, -0.25) is 10.1 Å². The number of nitrogens with one attached hydrogen (secondary N) is 2. The van der Waals surface area contributed by atoms with Gasteiger partial charge in [-0.1, -0.05) is 24.3 Å². The lowest BCUT2D eigenvalue weighted by Gasteiger charge is -2.19. The lowest BCUT2D eigenvalue weighted by atomic mass is 10.1. The molecule has 2 aromatic rings. The highest BCUT2D eigenvalue weighted by atomic mass is 16.6. The molecule has 0 atom stereocenters. The maximum Gasteiger partial charge on any atom is 0.412 e. The molecule has 0 radical (unpaired) electrons. The fourth-order valence-corrected chi connectivity index (χ4v) is 2.69. The predicted octanol–water partition coefficient (Wildman–Crippen LogP) is 4.52. The Balaban J connectivity index is 1.81. The second-order valence-electron chi connectivity index (χ2n) is 7.96. The number of hydrogen-bond donors (Lipinski definition) is 2. The van der Waals surface area contributed by atoms with Gasteiger partial charge in [0.1, 0.15) is 5.60 Å². The van der Waals surface area contributed by atoms with Crippen LogP contribution in [-0.4, -0.2) is 37.4 Å². The lowest BCUT2D eigenvalue weighted by Crippen LogP contribution is -2.27. The fraction of sp³-hybridized carbons (Fsp3) is 0.417. The fourth-order valence-electron chi connectivity index (χ4n) is 2.69. The predicted molar refractivity (Wildman–Crippen MR) is 120 cm³/mol. The molecule has 2 N–H and O–H groups in total. The minimum atomic E-state index is -0.573. The van der Waals surface area contributed by atoms with Crippen molar-refractivity contribution in [2.45, 2.75) is 46.4 Å². The molecule has 7 heteroatoms. The molecule has 2 aromatic carbocycles. The maximum atomic E-state index is 12.4. The van der Waals surface area contributed by atoms with Gasteiger partial charge in [-0.15, -0.1) is 0 Å². The molecule has 0 fully saturated rings. The van der Waals surface area contributed by atoms with E-state index < -0.39 is 11.7 Å². The molecule has 2 amide bonds. The molecule has 0 saturated carbocycles. The number of carbonyl (C=O) groups excluding carboxylic acids is 2. The Labute approximate surface area is 184 Å². The van der Waals surface area contributed by atoms with E-state index in [1.54, 1.807) is 45.0 Å². The van der Waals surface area contributed by atoms with Gasteiger partial charge in [0, 0.05) is 24.4 Å². The van der Waals surface area contributed by atoms with Gasteiger partial charge in [0.25, 0.3) is 5.91 Å². The normalized spacial score (nSPS) is 11.1. The van der Waals surface area contributed by atoms with Crippen LogP contribution >= 0.6 is 0 Å². The summed E-state index contributed by atoms with van der Waals surface area (Å²) in [6, 6.07) is 14.5. The smallest absolute Gasteiger partial charge is 0.412 e. The zero-order valence-electron chi connectivity index (χ0n) is 18.7. The van der Waals surface area contributed by atoms with E-state index in [9.17, 15) is 9.59 Å². The molecule has 0 aliphatic carbocycles. The first-order valence-corrected chi connectivity index (χ1v) is 10.4. The van der Waals surface area contributed by atoms with Crippen LogP contribution in [0, 0.1) is 0 Å². The largest absolute Gasteiger partial charge is 0.444 e. The second kappa shape index (κ2) is 12.1. The van der Waals surface area contributed by atoms with Crippen LogP contribution in [0.5, 0.6) is 0 Å².